The molecule has 0 saturated heterocycles. The van der Waals surface area contributed by atoms with Crippen LogP contribution in [0.2, 0.25) is 0 Å². The Labute approximate surface area is 181 Å². The van der Waals surface area contributed by atoms with Gasteiger partial charge in [0, 0.05) is 18.4 Å². The van der Waals surface area contributed by atoms with Crippen LogP contribution in [-0.4, -0.2) is 41.7 Å². The minimum atomic E-state index is -0.657. The summed E-state index contributed by atoms with van der Waals surface area (Å²) in [4.78, 5) is 32.5. The van der Waals surface area contributed by atoms with E-state index in [0.717, 1.165) is 31.2 Å². The maximum absolute atomic E-state index is 13.3. The first-order valence-electron chi connectivity index (χ1n) is 10.3. The summed E-state index contributed by atoms with van der Waals surface area (Å²) >= 11 is 0. The van der Waals surface area contributed by atoms with E-state index in [1.807, 2.05) is 24.3 Å². The van der Waals surface area contributed by atoms with Crippen LogP contribution in [0.4, 0.5) is 5.69 Å². The summed E-state index contributed by atoms with van der Waals surface area (Å²) in [6.45, 7) is 0.399. The SMILES string of the molecule is COCc1cccc(NC(=O)CN2C(=O)C(c3ccc(C#N)cc3)=NC23CCCC3)c1. The fraction of sp³-hybridized carbons (Fsp3) is 0.333. The molecule has 1 saturated carbocycles. The predicted octanol–water partition coefficient (Wildman–Crippen LogP) is 3.24. The van der Waals surface area contributed by atoms with Crippen molar-refractivity contribution in [3.8, 4) is 6.07 Å². The summed E-state index contributed by atoms with van der Waals surface area (Å²) in [6, 6.07) is 16.4. The van der Waals surface area contributed by atoms with E-state index in [1.165, 1.54) is 0 Å². The third-order valence-electron chi connectivity index (χ3n) is 5.79. The second-order valence-corrected chi connectivity index (χ2v) is 7.91. The van der Waals surface area contributed by atoms with Crippen molar-refractivity contribution in [2.75, 3.05) is 19.0 Å². The summed E-state index contributed by atoms with van der Waals surface area (Å²) in [6.07, 6.45) is 3.42. The molecule has 1 aliphatic carbocycles. The van der Waals surface area contributed by atoms with E-state index in [9.17, 15) is 9.59 Å². The maximum Gasteiger partial charge on any atom is 0.275 e. The van der Waals surface area contributed by atoms with Gasteiger partial charge >= 0.3 is 0 Å². The number of benzene rings is 2. The molecule has 1 heterocycles. The van der Waals surface area contributed by atoms with Crippen LogP contribution in [0, 0.1) is 11.3 Å². The number of nitrogens with zero attached hydrogens (tertiary/aromatic N) is 3. The van der Waals surface area contributed by atoms with Gasteiger partial charge < -0.3 is 15.0 Å². The lowest BCUT2D eigenvalue weighted by Gasteiger charge is -2.32. The van der Waals surface area contributed by atoms with Crippen molar-refractivity contribution >= 4 is 23.2 Å². The molecule has 2 amide bonds. The molecule has 1 aliphatic heterocycles. The van der Waals surface area contributed by atoms with Gasteiger partial charge in [-0.05, 0) is 55.5 Å². The molecule has 31 heavy (non-hydrogen) atoms. The molecule has 0 unspecified atom stereocenters. The highest BCUT2D eigenvalue weighted by Gasteiger charge is 2.49. The lowest BCUT2D eigenvalue weighted by molar-refractivity contribution is -0.132. The number of anilines is 1. The van der Waals surface area contributed by atoms with E-state index in [0.29, 0.717) is 29.1 Å². The smallest absolute Gasteiger partial charge is 0.275 e. The largest absolute Gasteiger partial charge is 0.380 e. The Morgan fingerprint density at radius 1 is 1.23 bits per heavy atom. The number of rotatable bonds is 6. The minimum Gasteiger partial charge on any atom is -0.380 e. The normalized spacial score (nSPS) is 17.0. The first-order valence-corrected chi connectivity index (χ1v) is 10.3. The molecular weight excluding hydrogens is 392 g/mol. The van der Waals surface area contributed by atoms with Crippen LogP contribution in [0.15, 0.2) is 53.5 Å². The number of aliphatic imine (C=N–C) groups is 1. The molecule has 1 spiro atoms. The van der Waals surface area contributed by atoms with Gasteiger partial charge in [-0.2, -0.15) is 5.26 Å². The number of hydrogen-bond donors (Lipinski definition) is 1. The highest BCUT2D eigenvalue weighted by molar-refractivity contribution is 6.47. The van der Waals surface area contributed by atoms with Crippen molar-refractivity contribution in [1.29, 1.82) is 5.26 Å². The third kappa shape index (κ3) is 4.21. The van der Waals surface area contributed by atoms with Gasteiger partial charge in [0.2, 0.25) is 5.91 Å². The van der Waals surface area contributed by atoms with Gasteiger partial charge in [0.1, 0.15) is 17.9 Å². The summed E-state index contributed by atoms with van der Waals surface area (Å²) in [7, 11) is 1.62. The fourth-order valence-electron chi connectivity index (χ4n) is 4.32. The van der Waals surface area contributed by atoms with Crippen molar-refractivity contribution < 1.29 is 14.3 Å². The van der Waals surface area contributed by atoms with Crippen LogP contribution in [0.5, 0.6) is 0 Å². The summed E-state index contributed by atoms with van der Waals surface area (Å²) < 4.78 is 5.14. The number of carbonyl (C=O) groups is 2. The van der Waals surface area contributed by atoms with Gasteiger partial charge in [0.05, 0.1) is 18.2 Å². The average Bonchev–Trinajstić information content (AvgIpc) is 3.35. The van der Waals surface area contributed by atoms with E-state index in [4.69, 9.17) is 15.0 Å². The highest BCUT2D eigenvalue weighted by atomic mass is 16.5. The number of amides is 2. The molecule has 2 aliphatic rings. The summed E-state index contributed by atoms with van der Waals surface area (Å²) in [5.41, 5.74) is 2.52. The Balaban J connectivity index is 1.53. The second-order valence-electron chi connectivity index (χ2n) is 7.91. The second kappa shape index (κ2) is 8.70. The van der Waals surface area contributed by atoms with Crippen molar-refractivity contribution in [2.24, 2.45) is 4.99 Å². The molecule has 0 bridgehead atoms. The Morgan fingerprint density at radius 2 is 1.97 bits per heavy atom. The van der Waals surface area contributed by atoms with Crippen LogP contribution in [-0.2, 0) is 20.9 Å². The summed E-state index contributed by atoms with van der Waals surface area (Å²) in [5, 5.41) is 11.9. The van der Waals surface area contributed by atoms with Crippen LogP contribution < -0.4 is 5.32 Å². The number of ether oxygens (including phenoxy) is 1. The Kier molecular flexibility index (Phi) is 5.83. The predicted molar refractivity (Wildman–Crippen MR) is 116 cm³/mol. The van der Waals surface area contributed by atoms with E-state index in [1.54, 1.807) is 36.3 Å². The molecule has 158 valence electrons. The number of nitrogens with one attached hydrogen (secondary N) is 1. The molecule has 7 heteroatoms. The van der Waals surface area contributed by atoms with Gasteiger partial charge in [0.15, 0.2) is 0 Å². The Bertz CT molecular complexity index is 1060. The van der Waals surface area contributed by atoms with Crippen molar-refractivity contribution in [3.63, 3.8) is 0 Å². The topological polar surface area (TPSA) is 94.8 Å². The molecule has 0 radical (unpaired) electrons. The van der Waals surface area contributed by atoms with E-state index in [-0.39, 0.29) is 18.4 Å². The number of methoxy groups -OCH3 is 1. The van der Waals surface area contributed by atoms with Gasteiger partial charge in [-0.15, -0.1) is 0 Å². The van der Waals surface area contributed by atoms with Crippen LogP contribution in [0.25, 0.3) is 0 Å². The Morgan fingerprint density at radius 3 is 2.65 bits per heavy atom. The molecule has 0 aromatic heterocycles. The standard InChI is InChI=1S/C24H24N4O3/c1-31-16-18-5-4-6-20(13-18)26-21(29)15-28-23(30)22(27-24(28)11-2-3-12-24)19-9-7-17(14-25)8-10-19/h4-10,13H,2-3,11-12,15-16H2,1H3,(H,26,29). The first-order chi connectivity index (χ1) is 15.0. The third-order valence-corrected chi connectivity index (χ3v) is 5.79. The quantitative estimate of drug-likeness (QED) is 0.782. The van der Waals surface area contributed by atoms with Gasteiger partial charge in [-0.25, -0.2) is 0 Å². The average molecular weight is 416 g/mol. The maximum atomic E-state index is 13.3. The van der Waals surface area contributed by atoms with Crippen molar-refractivity contribution in [2.45, 2.75) is 38.0 Å². The highest BCUT2D eigenvalue weighted by Crippen LogP contribution is 2.41. The van der Waals surface area contributed by atoms with Gasteiger partial charge in [-0.1, -0.05) is 24.3 Å². The summed E-state index contributed by atoms with van der Waals surface area (Å²) in [5.74, 6) is -0.500. The molecule has 4 rings (SSSR count). The van der Waals surface area contributed by atoms with Gasteiger partial charge in [0.25, 0.3) is 5.91 Å². The molecular formula is C24H24N4O3. The fourth-order valence-corrected chi connectivity index (χ4v) is 4.32. The molecule has 0 atom stereocenters. The molecule has 1 fully saturated rings. The Hall–Kier alpha value is -3.50. The van der Waals surface area contributed by atoms with Crippen LogP contribution >= 0.6 is 0 Å². The van der Waals surface area contributed by atoms with Crippen LogP contribution in [0.3, 0.4) is 0 Å². The minimum absolute atomic E-state index is 0.0589. The molecule has 7 nitrogen and oxygen atoms in total. The lowest BCUT2D eigenvalue weighted by atomic mass is 10.1. The number of carbonyl (C=O) groups excluding carboxylic acids is 2. The zero-order chi connectivity index (χ0) is 21.8. The molecule has 2 aromatic rings. The lowest BCUT2D eigenvalue weighted by Crippen LogP contribution is -2.48. The monoisotopic (exact) mass is 416 g/mol. The zero-order valence-corrected chi connectivity index (χ0v) is 17.4. The molecule has 2 aromatic carbocycles. The van der Waals surface area contributed by atoms with Crippen molar-refractivity contribution in [3.05, 3.63) is 65.2 Å². The van der Waals surface area contributed by atoms with E-state index >= 15 is 0 Å². The molecule has 1 N–H and O–H groups in total. The van der Waals surface area contributed by atoms with Gasteiger partial charge in [-0.3, -0.25) is 14.6 Å². The van der Waals surface area contributed by atoms with Crippen molar-refractivity contribution in [1.82, 2.24) is 4.90 Å². The van der Waals surface area contributed by atoms with Crippen LogP contribution in [0.1, 0.15) is 42.4 Å². The number of hydrogen-bond acceptors (Lipinski definition) is 5. The van der Waals surface area contributed by atoms with E-state index < -0.39 is 5.66 Å². The van der Waals surface area contributed by atoms with E-state index in [2.05, 4.69) is 11.4 Å². The number of nitriles is 1. The first kappa shape index (κ1) is 20.8. The zero-order valence-electron chi connectivity index (χ0n) is 17.4.